The quantitative estimate of drug-likeness (QED) is 0.662. The number of hydrogen-bond acceptors (Lipinski definition) is 7. The Kier molecular flexibility index (Phi) is 5.63. The summed E-state index contributed by atoms with van der Waals surface area (Å²) in [5, 5.41) is 12.5. The van der Waals surface area contributed by atoms with Crippen molar-refractivity contribution in [3.05, 3.63) is 11.6 Å². The molecule has 0 amide bonds. The number of carbonyl (C=O) groups excluding carboxylic acids is 4. The fourth-order valence-corrected chi connectivity index (χ4v) is 7.83. The summed E-state index contributed by atoms with van der Waals surface area (Å²) in [6, 6.07) is 0. The van der Waals surface area contributed by atoms with Crippen LogP contribution in [0, 0.1) is 28.6 Å². The molecule has 1 N–H and O–H groups in total. The second-order valence-corrected chi connectivity index (χ2v) is 10.6. The van der Waals surface area contributed by atoms with Gasteiger partial charge in [0.1, 0.15) is 17.5 Å². The van der Waals surface area contributed by atoms with Crippen LogP contribution in [0.2, 0.25) is 0 Å². The van der Waals surface area contributed by atoms with E-state index in [1.54, 1.807) is 13.0 Å². The maximum absolute atomic E-state index is 12.7. The van der Waals surface area contributed by atoms with Crippen LogP contribution in [0.5, 0.6) is 0 Å². The molecular formula is C25H34O7. The van der Waals surface area contributed by atoms with Crippen molar-refractivity contribution in [2.45, 2.75) is 84.3 Å². The van der Waals surface area contributed by atoms with Gasteiger partial charge in [0.25, 0.3) is 0 Å². The van der Waals surface area contributed by atoms with Crippen LogP contribution >= 0.6 is 0 Å². The summed E-state index contributed by atoms with van der Waals surface area (Å²) >= 11 is 0. The minimum Gasteiger partial charge on any atom is -0.465 e. The Morgan fingerprint density at radius 3 is 2.41 bits per heavy atom. The third kappa shape index (κ3) is 3.18. The molecule has 0 radical (unpaired) electrons. The molecule has 3 saturated carbocycles. The van der Waals surface area contributed by atoms with Crippen molar-refractivity contribution in [1.29, 1.82) is 0 Å². The van der Waals surface area contributed by atoms with E-state index in [2.05, 4.69) is 0 Å². The number of ether oxygens (including phenoxy) is 2. The lowest BCUT2D eigenvalue weighted by Gasteiger charge is -2.65. The third-order valence-corrected chi connectivity index (χ3v) is 9.17. The van der Waals surface area contributed by atoms with E-state index in [1.807, 2.05) is 6.92 Å². The smallest absolute Gasteiger partial charge is 0.303 e. The number of Topliss-reactive ketones (excluding diaryl/α,β-unsaturated/α-hetero) is 1. The van der Waals surface area contributed by atoms with Crippen molar-refractivity contribution in [1.82, 2.24) is 0 Å². The number of ketones is 2. The first kappa shape index (κ1) is 23.1. The van der Waals surface area contributed by atoms with Gasteiger partial charge in [0.2, 0.25) is 0 Å². The maximum Gasteiger partial charge on any atom is 0.303 e. The predicted molar refractivity (Wildman–Crippen MR) is 114 cm³/mol. The Morgan fingerprint density at radius 1 is 1.06 bits per heavy atom. The molecule has 32 heavy (non-hydrogen) atoms. The summed E-state index contributed by atoms with van der Waals surface area (Å²) < 4.78 is 11.3. The van der Waals surface area contributed by atoms with Crippen molar-refractivity contribution in [3.8, 4) is 0 Å². The molecule has 0 aromatic rings. The minimum absolute atomic E-state index is 0.0384. The molecule has 0 aromatic carbocycles. The van der Waals surface area contributed by atoms with Gasteiger partial charge in [-0.05, 0) is 63.4 Å². The Morgan fingerprint density at radius 2 is 1.78 bits per heavy atom. The van der Waals surface area contributed by atoms with Crippen LogP contribution in [0.4, 0.5) is 0 Å². The van der Waals surface area contributed by atoms with Gasteiger partial charge in [0.15, 0.2) is 5.78 Å². The summed E-state index contributed by atoms with van der Waals surface area (Å²) in [6.45, 7) is 6.32. The number of hydrogen-bond donors (Lipinski definition) is 1. The third-order valence-electron chi connectivity index (χ3n) is 9.17. The topological polar surface area (TPSA) is 107 Å². The molecule has 0 spiro atoms. The number of rotatable bonds is 4. The van der Waals surface area contributed by atoms with Gasteiger partial charge in [0.05, 0.1) is 6.61 Å². The first-order valence-corrected chi connectivity index (χ1v) is 11.7. The van der Waals surface area contributed by atoms with Gasteiger partial charge in [0, 0.05) is 37.0 Å². The van der Waals surface area contributed by atoms with Crippen molar-refractivity contribution in [2.75, 3.05) is 6.61 Å². The molecule has 4 rings (SSSR count). The Labute approximate surface area is 188 Å². The highest BCUT2D eigenvalue weighted by molar-refractivity contribution is 5.91. The van der Waals surface area contributed by atoms with Gasteiger partial charge in [-0.25, -0.2) is 0 Å². The van der Waals surface area contributed by atoms with E-state index in [0.29, 0.717) is 32.1 Å². The van der Waals surface area contributed by atoms with Crippen LogP contribution in [0.25, 0.3) is 0 Å². The summed E-state index contributed by atoms with van der Waals surface area (Å²) in [7, 11) is 0. The number of esters is 2. The average molecular weight is 447 g/mol. The molecule has 0 bridgehead atoms. The lowest BCUT2D eigenvalue weighted by Crippen LogP contribution is -2.71. The van der Waals surface area contributed by atoms with Crippen LogP contribution in [0.3, 0.4) is 0 Å². The molecule has 4 aliphatic carbocycles. The highest BCUT2D eigenvalue weighted by Crippen LogP contribution is 2.69. The van der Waals surface area contributed by atoms with Gasteiger partial charge in [-0.3, -0.25) is 19.2 Å². The number of aliphatic hydroxyl groups is 1. The zero-order chi connectivity index (χ0) is 23.5. The summed E-state index contributed by atoms with van der Waals surface area (Å²) in [4.78, 5) is 48.8. The molecule has 7 nitrogen and oxygen atoms in total. The Balaban J connectivity index is 1.85. The second-order valence-electron chi connectivity index (χ2n) is 10.6. The molecule has 0 aliphatic heterocycles. The normalized spacial score (nSPS) is 42.8. The van der Waals surface area contributed by atoms with Crippen molar-refractivity contribution < 1.29 is 33.8 Å². The van der Waals surface area contributed by atoms with Crippen LogP contribution in [0.15, 0.2) is 11.6 Å². The standard InChI is InChI=1S/C25H34O7/c1-14(26)19-7-8-20-21-6-5-17-11-18(29)9-10-23(17,4)25(21,30)22(32-16(3)28)12-24(19,20)13-31-15(2)27/h11,19-22,30H,5-10,12-13H2,1-4H3/t19-,20+,21+,22?,23+,24+,25+/m1/s1. The molecule has 1 unspecified atom stereocenters. The lowest BCUT2D eigenvalue weighted by atomic mass is 9.43. The average Bonchev–Trinajstić information content (AvgIpc) is 3.07. The van der Waals surface area contributed by atoms with E-state index >= 15 is 0 Å². The summed E-state index contributed by atoms with van der Waals surface area (Å²) in [5.74, 6) is -1.37. The van der Waals surface area contributed by atoms with Gasteiger partial charge >= 0.3 is 11.9 Å². The molecule has 0 aromatic heterocycles. The molecule has 4 aliphatic rings. The highest BCUT2D eigenvalue weighted by Gasteiger charge is 2.72. The van der Waals surface area contributed by atoms with Crippen molar-refractivity contribution in [2.24, 2.45) is 28.6 Å². The van der Waals surface area contributed by atoms with Crippen LogP contribution < -0.4 is 0 Å². The summed E-state index contributed by atoms with van der Waals surface area (Å²) in [6.07, 6.45) is 4.68. The van der Waals surface area contributed by atoms with Gasteiger partial charge in [-0.15, -0.1) is 0 Å². The summed E-state index contributed by atoms with van der Waals surface area (Å²) in [5.41, 5.74) is -1.78. The zero-order valence-electron chi connectivity index (χ0n) is 19.4. The number of carbonyl (C=O) groups is 4. The van der Waals surface area contributed by atoms with Crippen molar-refractivity contribution in [3.63, 3.8) is 0 Å². The van der Waals surface area contributed by atoms with Crippen LogP contribution in [-0.4, -0.2) is 46.9 Å². The maximum atomic E-state index is 12.7. The fraction of sp³-hybridized carbons (Fsp3) is 0.760. The van der Waals surface area contributed by atoms with Crippen LogP contribution in [-0.2, 0) is 28.7 Å². The molecule has 7 heteroatoms. The largest absolute Gasteiger partial charge is 0.465 e. The first-order chi connectivity index (χ1) is 15.0. The first-order valence-electron chi connectivity index (χ1n) is 11.7. The van der Waals surface area contributed by atoms with E-state index in [-0.39, 0.29) is 42.3 Å². The van der Waals surface area contributed by atoms with Gasteiger partial charge in [-0.2, -0.15) is 0 Å². The van der Waals surface area contributed by atoms with Crippen molar-refractivity contribution >= 4 is 23.5 Å². The monoisotopic (exact) mass is 446 g/mol. The molecule has 7 atom stereocenters. The van der Waals surface area contributed by atoms with E-state index < -0.39 is 34.5 Å². The van der Waals surface area contributed by atoms with E-state index in [0.717, 1.165) is 12.0 Å². The minimum atomic E-state index is -1.35. The predicted octanol–water partition coefficient (Wildman–Crippen LogP) is 2.92. The second kappa shape index (κ2) is 7.79. The fourth-order valence-electron chi connectivity index (χ4n) is 7.83. The molecule has 176 valence electrons. The SMILES string of the molecule is CC(=O)OC[C@]12CC(OC(C)=O)[C@@]3(O)[C@@H](CCC4=CC(=O)CC[C@@]43C)[C@@H]1CC[C@@H]2C(C)=O. The van der Waals surface area contributed by atoms with E-state index in [1.165, 1.54) is 13.8 Å². The zero-order valence-corrected chi connectivity index (χ0v) is 19.4. The lowest BCUT2D eigenvalue weighted by molar-refractivity contribution is -0.261. The van der Waals surface area contributed by atoms with Crippen LogP contribution in [0.1, 0.15) is 72.6 Å². The molecule has 3 fully saturated rings. The van der Waals surface area contributed by atoms with E-state index in [4.69, 9.17) is 9.47 Å². The highest BCUT2D eigenvalue weighted by atomic mass is 16.6. The number of fused-ring (bicyclic) bond motifs is 5. The van der Waals surface area contributed by atoms with Gasteiger partial charge in [-0.1, -0.05) is 12.5 Å². The van der Waals surface area contributed by atoms with Gasteiger partial charge < -0.3 is 14.6 Å². The molecule has 0 saturated heterocycles. The Bertz CT molecular complexity index is 891. The Hall–Kier alpha value is -2.02. The molecular weight excluding hydrogens is 412 g/mol. The molecule has 0 heterocycles. The van der Waals surface area contributed by atoms with E-state index in [9.17, 15) is 24.3 Å².